The van der Waals surface area contributed by atoms with Crippen molar-refractivity contribution in [1.82, 2.24) is 24.0 Å². The molecule has 1 fully saturated rings. The SMILES string of the molecule is [C-]#[N+]c1ccc(-n2ccnc2-c2c(C)n(-c3cccc(C(F)(F)F)c3)c(=O)n2C(=O)NC2CCC2)cc1. The van der Waals surface area contributed by atoms with E-state index in [9.17, 15) is 22.8 Å². The minimum atomic E-state index is -4.60. The molecule has 188 valence electrons. The standard InChI is InChI=1S/C26H21F3N6O2/c1-16-22(23-31-13-14-33(23)20-11-9-18(30-2)10-12-20)35(24(36)32-19-6-4-7-19)25(37)34(16)21-8-3-5-17(15-21)26(27,28)29/h3,5,8-15,19H,4,6-7H2,1H3,(H,32,36). The van der Waals surface area contributed by atoms with E-state index in [4.69, 9.17) is 6.57 Å². The van der Waals surface area contributed by atoms with Gasteiger partial charge in [0.05, 0.1) is 23.5 Å². The van der Waals surface area contributed by atoms with Crippen LogP contribution in [0.2, 0.25) is 0 Å². The minimum Gasteiger partial charge on any atom is -0.335 e. The average Bonchev–Trinajstić information content (AvgIpc) is 3.42. The summed E-state index contributed by atoms with van der Waals surface area (Å²) in [6.45, 7) is 8.72. The van der Waals surface area contributed by atoms with Gasteiger partial charge in [-0.2, -0.15) is 13.2 Å². The molecule has 0 radical (unpaired) electrons. The first-order chi connectivity index (χ1) is 17.7. The van der Waals surface area contributed by atoms with Crippen molar-refractivity contribution in [3.05, 3.63) is 94.1 Å². The summed E-state index contributed by atoms with van der Waals surface area (Å²) >= 11 is 0. The fourth-order valence-corrected chi connectivity index (χ4v) is 4.35. The highest BCUT2D eigenvalue weighted by Gasteiger charge is 2.32. The van der Waals surface area contributed by atoms with Crippen molar-refractivity contribution in [3.8, 4) is 22.9 Å². The molecule has 1 saturated carbocycles. The van der Waals surface area contributed by atoms with Gasteiger partial charge in [-0.05, 0) is 56.5 Å². The van der Waals surface area contributed by atoms with Crippen molar-refractivity contribution in [2.24, 2.45) is 0 Å². The molecule has 37 heavy (non-hydrogen) atoms. The Morgan fingerprint density at radius 2 is 1.86 bits per heavy atom. The Balaban J connectivity index is 1.71. The molecule has 5 rings (SSSR count). The molecule has 1 aliphatic rings. The summed E-state index contributed by atoms with van der Waals surface area (Å²) in [7, 11) is 0. The number of amides is 1. The van der Waals surface area contributed by atoms with Crippen LogP contribution in [0.5, 0.6) is 0 Å². The maximum atomic E-state index is 13.6. The van der Waals surface area contributed by atoms with Crippen LogP contribution >= 0.6 is 0 Å². The third-order valence-electron chi connectivity index (χ3n) is 6.46. The summed E-state index contributed by atoms with van der Waals surface area (Å²) in [5.41, 5.74) is -0.267. The molecule has 2 aromatic heterocycles. The van der Waals surface area contributed by atoms with E-state index in [0.29, 0.717) is 11.4 Å². The monoisotopic (exact) mass is 506 g/mol. The molecule has 2 heterocycles. The third-order valence-corrected chi connectivity index (χ3v) is 6.46. The summed E-state index contributed by atoms with van der Waals surface area (Å²) in [6, 6.07) is 10.3. The van der Waals surface area contributed by atoms with Crippen LogP contribution in [0, 0.1) is 13.5 Å². The number of nitrogens with one attached hydrogen (secondary N) is 1. The van der Waals surface area contributed by atoms with Gasteiger partial charge in [-0.3, -0.25) is 9.13 Å². The fourth-order valence-electron chi connectivity index (χ4n) is 4.35. The number of aromatic nitrogens is 4. The predicted molar refractivity (Wildman–Crippen MR) is 130 cm³/mol. The Morgan fingerprint density at radius 3 is 2.49 bits per heavy atom. The quantitative estimate of drug-likeness (QED) is 0.373. The molecule has 0 atom stereocenters. The fraction of sp³-hybridized carbons (Fsp3) is 0.231. The largest absolute Gasteiger partial charge is 0.416 e. The summed E-state index contributed by atoms with van der Waals surface area (Å²) < 4.78 is 43.9. The van der Waals surface area contributed by atoms with Crippen LogP contribution in [0.1, 0.15) is 30.5 Å². The van der Waals surface area contributed by atoms with Gasteiger partial charge in [0.25, 0.3) is 0 Å². The molecule has 1 amide bonds. The second-order valence-electron chi connectivity index (χ2n) is 8.76. The second kappa shape index (κ2) is 9.13. The number of benzene rings is 2. The van der Waals surface area contributed by atoms with Crippen molar-refractivity contribution in [2.75, 3.05) is 0 Å². The second-order valence-corrected chi connectivity index (χ2v) is 8.76. The highest BCUT2D eigenvalue weighted by molar-refractivity contribution is 5.83. The highest BCUT2D eigenvalue weighted by atomic mass is 19.4. The number of rotatable bonds is 4. The lowest BCUT2D eigenvalue weighted by molar-refractivity contribution is -0.137. The van der Waals surface area contributed by atoms with Crippen LogP contribution in [0.3, 0.4) is 0 Å². The summed E-state index contributed by atoms with van der Waals surface area (Å²) in [6.07, 6.45) is 1.06. The Morgan fingerprint density at radius 1 is 1.14 bits per heavy atom. The van der Waals surface area contributed by atoms with Gasteiger partial charge in [-0.15, -0.1) is 0 Å². The minimum absolute atomic E-state index is 0.0201. The Kier molecular flexibility index (Phi) is 5.95. The zero-order valence-corrected chi connectivity index (χ0v) is 19.7. The van der Waals surface area contributed by atoms with Crippen LogP contribution in [-0.4, -0.2) is 30.8 Å². The first-order valence-corrected chi connectivity index (χ1v) is 11.5. The number of carbonyl (C=O) groups is 1. The number of halogens is 3. The van der Waals surface area contributed by atoms with E-state index in [1.54, 1.807) is 42.0 Å². The van der Waals surface area contributed by atoms with Gasteiger partial charge in [0.15, 0.2) is 11.5 Å². The number of alkyl halides is 3. The van der Waals surface area contributed by atoms with Gasteiger partial charge in [0.1, 0.15) is 5.69 Å². The molecule has 1 N–H and O–H groups in total. The average molecular weight is 506 g/mol. The molecule has 1 aliphatic carbocycles. The van der Waals surface area contributed by atoms with Crippen LogP contribution in [0.15, 0.2) is 65.7 Å². The molecule has 0 unspecified atom stereocenters. The molecule has 0 spiro atoms. The van der Waals surface area contributed by atoms with Gasteiger partial charge in [-0.1, -0.05) is 18.2 Å². The third kappa shape index (κ3) is 4.31. The molecule has 8 nitrogen and oxygen atoms in total. The maximum absolute atomic E-state index is 13.6. The number of hydrogen-bond donors (Lipinski definition) is 1. The Hall–Kier alpha value is -4.59. The normalized spacial score (nSPS) is 13.7. The lowest BCUT2D eigenvalue weighted by Gasteiger charge is -2.26. The molecule has 4 aromatic rings. The Labute approximate surface area is 209 Å². The number of nitrogens with zero attached hydrogens (tertiary/aromatic N) is 5. The molecule has 11 heteroatoms. The summed E-state index contributed by atoms with van der Waals surface area (Å²) in [4.78, 5) is 34.7. The molecule has 0 bridgehead atoms. The van der Waals surface area contributed by atoms with Gasteiger partial charge >= 0.3 is 17.9 Å². The van der Waals surface area contributed by atoms with E-state index in [-0.39, 0.29) is 28.9 Å². The van der Waals surface area contributed by atoms with Gasteiger partial charge in [0.2, 0.25) is 0 Å². The van der Waals surface area contributed by atoms with Gasteiger partial charge < -0.3 is 5.32 Å². The highest BCUT2D eigenvalue weighted by Crippen LogP contribution is 2.32. The van der Waals surface area contributed by atoms with E-state index in [1.807, 2.05) is 0 Å². The zero-order chi connectivity index (χ0) is 26.3. The van der Waals surface area contributed by atoms with Crippen molar-refractivity contribution in [2.45, 2.75) is 38.4 Å². The molecular formula is C26H21F3N6O2. The number of imidazole rings is 2. The number of carbonyl (C=O) groups excluding carboxylic acids is 1. The zero-order valence-electron chi connectivity index (χ0n) is 19.7. The van der Waals surface area contributed by atoms with E-state index in [1.165, 1.54) is 18.3 Å². The van der Waals surface area contributed by atoms with Crippen LogP contribution in [0.4, 0.5) is 23.7 Å². The predicted octanol–water partition coefficient (Wildman–Crippen LogP) is 5.48. The Bertz CT molecular complexity index is 1580. The maximum Gasteiger partial charge on any atom is 0.416 e. The van der Waals surface area contributed by atoms with E-state index < -0.39 is 23.5 Å². The smallest absolute Gasteiger partial charge is 0.335 e. The van der Waals surface area contributed by atoms with Gasteiger partial charge in [0, 0.05) is 24.1 Å². The lowest BCUT2D eigenvalue weighted by Crippen LogP contribution is -2.45. The number of hydrogen-bond acceptors (Lipinski definition) is 3. The molecule has 2 aromatic carbocycles. The van der Waals surface area contributed by atoms with Crippen molar-refractivity contribution in [3.63, 3.8) is 0 Å². The molecule has 0 aliphatic heterocycles. The van der Waals surface area contributed by atoms with Crippen LogP contribution < -0.4 is 11.0 Å². The van der Waals surface area contributed by atoms with E-state index in [2.05, 4.69) is 15.1 Å². The van der Waals surface area contributed by atoms with E-state index >= 15 is 0 Å². The van der Waals surface area contributed by atoms with Gasteiger partial charge in [-0.25, -0.2) is 24.0 Å². The topological polar surface area (TPSA) is 78.2 Å². The van der Waals surface area contributed by atoms with Crippen LogP contribution in [-0.2, 0) is 6.18 Å². The first-order valence-electron chi connectivity index (χ1n) is 11.5. The summed E-state index contributed by atoms with van der Waals surface area (Å²) in [5, 5.41) is 2.84. The van der Waals surface area contributed by atoms with Crippen molar-refractivity contribution in [1.29, 1.82) is 0 Å². The van der Waals surface area contributed by atoms with E-state index in [0.717, 1.165) is 40.5 Å². The van der Waals surface area contributed by atoms with Crippen LogP contribution in [0.25, 0.3) is 27.7 Å². The molecule has 0 saturated heterocycles. The van der Waals surface area contributed by atoms with Crippen molar-refractivity contribution < 1.29 is 18.0 Å². The molecular weight excluding hydrogens is 485 g/mol. The van der Waals surface area contributed by atoms with Crippen molar-refractivity contribution >= 4 is 11.7 Å². The lowest BCUT2D eigenvalue weighted by atomic mass is 9.93. The first kappa shape index (κ1) is 24.1. The summed E-state index contributed by atoms with van der Waals surface area (Å²) in [5.74, 6) is 0.250.